The van der Waals surface area contributed by atoms with Crippen molar-refractivity contribution in [3.8, 4) is 11.4 Å². The van der Waals surface area contributed by atoms with Crippen LogP contribution in [0.5, 0.6) is 5.75 Å². The first-order chi connectivity index (χ1) is 10.1. The summed E-state index contributed by atoms with van der Waals surface area (Å²) in [6.45, 7) is 0. The Kier molecular flexibility index (Phi) is 3.06. The molecule has 5 nitrogen and oxygen atoms in total. The van der Waals surface area contributed by atoms with Crippen molar-refractivity contribution in [2.75, 3.05) is 7.11 Å². The maximum absolute atomic E-state index is 13.8. The van der Waals surface area contributed by atoms with E-state index in [9.17, 15) is 9.18 Å². The molecule has 3 aromatic rings. The Morgan fingerprint density at radius 3 is 2.76 bits per heavy atom. The first kappa shape index (κ1) is 13.1. The van der Waals surface area contributed by atoms with E-state index < -0.39 is 11.8 Å². The number of ether oxygens (including phenoxy) is 1. The minimum absolute atomic E-state index is 0.148. The molecule has 0 aliphatic rings. The molecule has 0 amide bonds. The highest BCUT2D eigenvalue weighted by molar-refractivity contribution is 5.92. The van der Waals surface area contributed by atoms with E-state index in [4.69, 9.17) is 9.84 Å². The number of halogens is 1. The van der Waals surface area contributed by atoms with Gasteiger partial charge >= 0.3 is 5.97 Å². The van der Waals surface area contributed by atoms with Crippen molar-refractivity contribution in [3.63, 3.8) is 0 Å². The zero-order valence-electron chi connectivity index (χ0n) is 11.1. The van der Waals surface area contributed by atoms with Crippen LogP contribution in [0.25, 0.3) is 16.7 Å². The number of benzene rings is 2. The smallest absolute Gasteiger partial charge is 0.335 e. The first-order valence-electron chi connectivity index (χ1n) is 6.14. The van der Waals surface area contributed by atoms with Gasteiger partial charge in [-0.15, -0.1) is 0 Å². The van der Waals surface area contributed by atoms with Crippen molar-refractivity contribution in [2.24, 2.45) is 0 Å². The zero-order chi connectivity index (χ0) is 15.0. The predicted molar refractivity (Wildman–Crippen MR) is 74.5 cm³/mol. The molecule has 0 saturated heterocycles. The second-order valence-corrected chi connectivity index (χ2v) is 4.44. The summed E-state index contributed by atoms with van der Waals surface area (Å²) in [5.74, 6) is -1.37. The summed E-state index contributed by atoms with van der Waals surface area (Å²) in [6, 6.07) is 9.11. The number of aromatic carboxylic acids is 1. The lowest BCUT2D eigenvalue weighted by molar-refractivity contribution is 0.0697. The number of aromatic nitrogens is 2. The molecule has 21 heavy (non-hydrogen) atoms. The van der Waals surface area contributed by atoms with Crippen LogP contribution in [0, 0.1) is 5.82 Å². The minimum Gasteiger partial charge on any atom is -0.494 e. The number of rotatable bonds is 3. The number of fused-ring (bicyclic) bond motifs is 1. The molecule has 0 bridgehead atoms. The van der Waals surface area contributed by atoms with Crippen LogP contribution >= 0.6 is 0 Å². The van der Waals surface area contributed by atoms with Crippen LogP contribution < -0.4 is 4.74 Å². The Morgan fingerprint density at radius 2 is 2.10 bits per heavy atom. The van der Waals surface area contributed by atoms with Gasteiger partial charge in [-0.05, 0) is 30.3 Å². The molecule has 0 aliphatic carbocycles. The summed E-state index contributed by atoms with van der Waals surface area (Å²) >= 11 is 0. The van der Waals surface area contributed by atoms with E-state index in [0.717, 1.165) is 0 Å². The highest BCUT2D eigenvalue weighted by Crippen LogP contribution is 2.24. The second-order valence-electron chi connectivity index (χ2n) is 4.44. The van der Waals surface area contributed by atoms with Crippen molar-refractivity contribution >= 4 is 17.0 Å². The number of nitrogens with zero attached hydrogens (tertiary/aromatic N) is 2. The highest BCUT2D eigenvalue weighted by Gasteiger charge is 2.11. The van der Waals surface area contributed by atoms with Gasteiger partial charge in [0, 0.05) is 6.07 Å². The molecule has 6 heteroatoms. The molecule has 3 rings (SSSR count). The lowest BCUT2D eigenvalue weighted by Crippen LogP contribution is -1.98. The number of methoxy groups -OCH3 is 1. The van der Waals surface area contributed by atoms with Crippen molar-refractivity contribution in [1.82, 2.24) is 9.55 Å². The molecular formula is C15H11FN2O3. The predicted octanol–water partition coefficient (Wildman–Crippen LogP) is 2.87. The van der Waals surface area contributed by atoms with E-state index in [1.807, 2.05) is 0 Å². The van der Waals surface area contributed by atoms with Crippen LogP contribution in [-0.4, -0.2) is 27.7 Å². The minimum atomic E-state index is -1.02. The fourth-order valence-electron chi connectivity index (χ4n) is 2.15. The number of carbonyl (C=O) groups is 1. The standard InChI is InChI=1S/C15H11FN2O3/c1-21-14-5-3-10(7-11(14)16)18-8-17-12-4-2-9(15(19)20)6-13(12)18/h2-8H,1H3,(H,19,20). The van der Waals surface area contributed by atoms with Crippen LogP contribution in [0.3, 0.4) is 0 Å². The lowest BCUT2D eigenvalue weighted by atomic mass is 10.2. The van der Waals surface area contributed by atoms with Gasteiger partial charge in [0.1, 0.15) is 6.33 Å². The van der Waals surface area contributed by atoms with E-state index in [1.165, 1.54) is 37.7 Å². The maximum atomic E-state index is 13.8. The van der Waals surface area contributed by atoms with Gasteiger partial charge in [0.2, 0.25) is 0 Å². The molecule has 1 heterocycles. The molecule has 1 aromatic heterocycles. The van der Waals surface area contributed by atoms with Gasteiger partial charge in [0.05, 0.1) is 29.4 Å². The van der Waals surface area contributed by atoms with Gasteiger partial charge in [0.15, 0.2) is 11.6 Å². The summed E-state index contributed by atoms with van der Waals surface area (Å²) in [6.07, 6.45) is 1.53. The quantitative estimate of drug-likeness (QED) is 0.804. The van der Waals surface area contributed by atoms with Crippen LogP contribution in [0.1, 0.15) is 10.4 Å². The van der Waals surface area contributed by atoms with Crippen LogP contribution in [-0.2, 0) is 0 Å². The topological polar surface area (TPSA) is 64.4 Å². The fourth-order valence-corrected chi connectivity index (χ4v) is 2.15. The molecule has 0 fully saturated rings. The first-order valence-corrected chi connectivity index (χ1v) is 6.14. The summed E-state index contributed by atoms with van der Waals surface area (Å²) in [4.78, 5) is 15.2. The molecule has 0 radical (unpaired) electrons. The van der Waals surface area contributed by atoms with E-state index >= 15 is 0 Å². The monoisotopic (exact) mass is 286 g/mol. The lowest BCUT2D eigenvalue weighted by Gasteiger charge is -2.07. The largest absolute Gasteiger partial charge is 0.494 e. The van der Waals surface area contributed by atoms with Crippen LogP contribution in [0.2, 0.25) is 0 Å². The molecule has 0 aliphatic heterocycles. The molecule has 0 atom stereocenters. The number of imidazole rings is 1. The Bertz CT molecular complexity index is 842. The fraction of sp³-hybridized carbons (Fsp3) is 0.0667. The molecular weight excluding hydrogens is 275 g/mol. The Morgan fingerprint density at radius 1 is 1.29 bits per heavy atom. The molecule has 0 spiro atoms. The number of hydrogen-bond acceptors (Lipinski definition) is 3. The zero-order valence-corrected chi connectivity index (χ0v) is 11.1. The average Bonchev–Trinajstić information content (AvgIpc) is 2.90. The van der Waals surface area contributed by atoms with Crippen molar-refractivity contribution in [3.05, 3.63) is 54.1 Å². The third kappa shape index (κ3) is 2.20. The SMILES string of the molecule is COc1ccc(-n2cnc3ccc(C(=O)O)cc32)cc1F. The van der Waals surface area contributed by atoms with Gasteiger partial charge in [0.25, 0.3) is 0 Å². The van der Waals surface area contributed by atoms with Gasteiger partial charge in [-0.25, -0.2) is 14.2 Å². The molecule has 1 N–H and O–H groups in total. The van der Waals surface area contributed by atoms with Crippen molar-refractivity contribution in [1.29, 1.82) is 0 Å². The number of hydrogen-bond donors (Lipinski definition) is 1. The Hall–Kier alpha value is -2.89. The highest BCUT2D eigenvalue weighted by atomic mass is 19.1. The second kappa shape index (κ2) is 4.90. The van der Waals surface area contributed by atoms with Crippen LogP contribution in [0.4, 0.5) is 4.39 Å². The summed E-state index contributed by atoms with van der Waals surface area (Å²) < 4.78 is 20.3. The van der Waals surface area contributed by atoms with E-state index in [-0.39, 0.29) is 11.3 Å². The van der Waals surface area contributed by atoms with E-state index in [1.54, 1.807) is 16.7 Å². The number of carboxylic acids is 1. The molecule has 0 saturated carbocycles. The van der Waals surface area contributed by atoms with Crippen molar-refractivity contribution < 1.29 is 19.0 Å². The maximum Gasteiger partial charge on any atom is 0.335 e. The van der Waals surface area contributed by atoms with Gasteiger partial charge in [-0.1, -0.05) is 0 Å². The summed E-state index contributed by atoms with van der Waals surface area (Å²) in [5, 5.41) is 9.05. The molecule has 0 unspecified atom stereocenters. The summed E-state index contributed by atoms with van der Waals surface area (Å²) in [5.41, 5.74) is 1.92. The summed E-state index contributed by atoms with van der Waals surface area (Å²) in [7, 11) is 1.39. The average molecular weight is 286 g/mol. The van der Waals surface area contributed by atoms with Crippen LogP contribution in [0.15, 0.2) is 42.7 Å². The van der Waals surface area contributed by atoms with Gasteiger partial charge in [-0.2, -0.15) is 0 Å². The molecule has 106 valence electrons. The molecule has 2 aromatic carbocycles. The van der Waals surface area contributed by atoms with E-state index in [2.05, 4.69) is 4.98 Å². The van der Waals surface area contributed by atoms with Crippen molar-refractivity contribution in [2.45, 2.75) is 0 Å². The third-order valence-corrected chi connectivity index (χ3v) is 3.21. The Balaban J connectivity index is 2.18. The van der Waals surface area contributed by atoms with E-state index in [0.29, 0.717) is 16.7 Å². The van der Waals surface area contributed by atoms with Gasteiger partial charge < -0.3 is 9.84 Å². The number of carboxylic acid groups (broad SMARTS) is 1. The third-order valence-electron chi connectivity index (χ3n) is 3.21. The normalized spacial score (nSPS) is 10.8. The van der Waals surface area contributed by atoms with Gasteiger partial charge in [-0.3, -0.25) is 4.57 Å². The Labute approximate surface area is 119 Å².